The van der Waals surface area contributed by atoms with Crippen LogP contribution in [0.5, 0.6) is 0 Å². The predicted molar refractivity (Wildman–Crippen MR) is 77.2 cm³/mol. The minimum atomic E-state index is 0.365. The number of allylic oxidation sites excluding steroid dienone is 5. The molecule has 1 rings (SSSR count). The van der Waals surface area contributed by atoms with E-state index < -0.39 is 0 Å². The SMILES string of the molecule is CC1=C(/C=C/C(C)=C\I)C(C)(C)CCC1. The Labute approximate surface area is 108 Å². The van der Waals surface area contributed by atoms with Crippen molar-refractivity contribution in [2.45, 2.75) is 47.0 Å². The van der Waals surface area contributed by atoms with Crippen LogP contribution in [-0.2, 0) is 0 Å². The van der Waals surface area contributed by atoms with Gasteiger partial charge in [-0.15, -0.1) is 0 Å². The van der Waals surface area contributed by atoms with Crippen molar-refractivity contribution in [3.63, 3.8) is 0 Å². The Balaban J connectivity index is 2.95. The van der Waals surface area contributed by atoms with E-state index in [1.807, 2.05) is 0 Å². The lowest BCUT2D eigenvalue weighted by atomic mass is 9.72. The molecule has 1 aliphatic rings. The van der Waals surface area contributed by atoms with Crippen LogP contribution in [0.4, 0.5) is 0 Å². The molecule has 0 aromatic heterocycles. The molecule has 15 heavy (non-hydrogen) atoms. The number of rotatable bonds is 2. The molecule has 0 aliphatic heterocycles. The third-order valence-corrected chi connectivity index (χ3v) is 4.21. The first-order valence-corrected chi connectivity index (χ1v) is 6.87. The Hall–Kier alpha value is -0.0500. The summed E-state index contributed by atoms with van der Waals surface area (Å²) in [4.78, 5) is 0. The number of hydrogen-bond donors (Lipinski definition) is 0. The quantitative estimate of drug-likeness (QED) is 0.472. The smallest absolute Gasteiger partial charge is 0.0104 e. The van der Waals surface area contributed by atoms with Gasteiger partial charge >= 0.3 is 0 Å². The zero-order chi connectivity index (χ0) is 11.5. The van der Waals surface area contributed by atoms with E-state index >= 15 is 0 Å². The summed E-state index contributed by atoms with van der Waals surface area (Å²) in [5.74, 6) is 0. The van der Waals surface area contributed by atoms with Crippen molar-refractivity contribution in [2.75, 3.05) is 0 Å². The minimum absolute atomic E-state index is 0.365. The van der Waals surface area contributed by atoms with E-state index in [1.165, 1.54) is 24.8 Å². The summed E-state index contributed by atoms with van der Waals surface area (Å²) < 4.78 is 2.12. The third kappa shape index (κ3) is 3.47. The van der Waals surface area contributed by atoms with E-state index in [4.69, 9.17) is 0 Å². The van der Waals surface area contributed by atoms with Crippen molar-refractivity contribution in [1.29, 1.82) is 0 Å². The molecule has 0 aromatic rings. The fraction of sp³-hybridized carbons (Fsp3) is 0.571. The monoisotopic (exact) mass is 316 g/mol. The fourth-order valence-corrected chi connectivity index (χ4v) is 2.47. The Morgan fingerprint density at radius 1 is 1.40 bits per heavy atom. The van der Waals surface area contributed by atoms with E-state index in [0.717, 1.165) is 0 Å². The maximum Gasteiger partial charge on any atom is -0.0104 e. The maximum absolute atomic E-state index is 2.36. The van der Waals surface area contributed by atoms with Gasteiger partial charge in [0.15, 0.2) is 0 Å². The molecule has 0 N–H and O–H groups in total. The molecule has 0 saturated heterocycles. The second-order valence-electron chi connectivity index (χ2n) is 5.12. The van der Waals surface area contributed by atoms with Crippen LogP contribution < -0.4 is 0 Å². The van der Waals surface area contributed by atoms with Gasteiger partial charge in [0.1, 0.15) is 0 Å². The lowest BCUT2D eigenvalue weighted by molar-refractivity contribution is 0.377. The lowest BCUT2D eigenvalue weighted by Crippen LogP contribution is -2.19. The van der Waals surface area contributed by atoms with Gasteiger partial charge in [-0.25, -0.2) is 0 Å². The average Bonchev–Trinajstić information content (AvgIpc) is 2.15. The van der Waals surface area contributed by atoms with Crippen molar-refractivity contribution in [2.24, 2.45) is 5.41 Å². The molecule has 0 atom stereocenters. The highest BCUT2D eigenvalue weighted by molar-refractivity contribution is 14.1. The van der Waals surface area contributed by atoms with Crippen LogP contribution in [0.25, 0.3) is 0 Å². The molecule has 1 aliphatic carbocycles. The van der Waals surface area contributed by atoms with Crippen LogP contribution in [0.1, 0.15) is 47.0 Å². The normalized spacial score (nSPS) is 22.6. The average molecular weight is 316 g/mol. The molecule has 0 bridgehead atoms. The van der Waals surface area contributed by atoms with E-state index in [0.29, 0.717) is 5.41 Å². The Morgan fingerprint density at radius 2 is 2.07 bits per heavy atom. The second-order valence-corrected chi connectivity index (χ2v) is 5.74. The highest BCUT2D eigenvalue weighted by Gasteiger charge is 2.26. The van der Waals surface area contributed by atoms with Crippen LogP contribution in [-0.4, -0.2) is 0 Å². The molecule has 0 amide bonds. The largest absolute Gasteiger partial charge is 0.0696 e. The molecule has 0 aromatic carbocycles. The molecular formula is C14H21I. The van der Waals surface area contributed by atoms with Crippen LogP contribution >= 0.6 is 22.6 Å². The molecule has 0 heterocycles. The summed E-state index contributed by atoms with van der Waals surface area (Å²) in [5, 5.41) is 0. The van der Waals surface area contributed by atoms with Crippen molar-refractivity contribution in [3.05, 3.63) is 33.0 Å². The highest BCUT2D eigenvalue weighted by Crippen LogP contribution is 2.40. The predicted octanol–water partition coefficient (Wildman–Crippen LogP) is 5.41. The molecular weight excluding hydrogens is 295 g/mol. The van der Waals surface area contributed by atoms with Crippen LogP contribution in [0.3, 0.4) is 0 Å². The maximum atomic E-state index is 2.36. The molecule has 0 nitrogen and oxygen atoms in total. The highest BCUT2D eigenvalue weighted by atomic mass is 127. The van der Waals surface area contributed by atoms with E-state index in [1.54, 1.807) is 11.1 Å². The van der Waals surface area contributed by atoms with Crippen molar-refractivity contribution in [3.8, 4) is 0 Å². The Morgan fingerprint density at radius 3 is 2.60 bits per heavy atom. The fourth-order valence-electron chi connectivity index (χ4n) is 2.26. The number of hydrogen-bond acceptors (Lipinski definition) is 0. The van der Waals surface area contributed by atoms with Crippen molar-refractivity contribution >= 4 is 22.6 Å². The van der Waals surface area contributed by atoms with Crippen molar-refractivity contribution < 1.29 is 0 Å². The summed E-state index contributed by atoms with van der Waals surface area (Å²) in [6.07, 6.45) is 8.49. The van der Waals surface area contributed by atoms with Gasteiger partial charge in [-0.1, -0.05) is 54.2 Å². The molecule has 0 saturated carbocycles. The van der Waals surface area contributed by atoms with Gasteiger partial charge in [0.25, 0.3) is 0 Å². The lowest BCUT2D eigenvalue weighted by Gasteiger charge is -2.32. The number of halogens is 1. The standard InChI is InChI=1S/C14H21I/c1-11(10-15)7-8-13-12(2)6-5-9-14(13,3)4/h7-8,10H,5-6,9H2,1-4H3/b8-7+,11-10-. The van der Waals surface area contributed by atoms with Gasteiger partial charge in [-0.05, 0) is 53.8 Å². The minimum Gasteiger partial charge on any atom is -0.0696 e. The van der Waals surface area contributed by atoms with Gasteiger partial charge in [0.05, 0.1) is 0 Å². The van der Waals surface area contributed by atoms with E-state index in [9.17, 15) is 0 Å². The van der Waals surface area contributed by atoms with Gasteiger partial charge in [-0.3, -0.25) is 0 Å². The zero-order valence-corrected chi connectivity index (χ0v) is 12.4. The zero-order valence-electron chi connectivity index (χ0n) is 10.2. The summed E-state index contributed by atoms with van der Waals surface area (Å²) in [7, 11) is 0. The summed E-state index contributed by atoms with van der Waals surface area (Å²) >= 11 is 2.29. The topological polar surface area (TPSA) is 0 Å². The summed E-state index contributed by atoms with van der Waals surface area (Å²) in [5.41, 5.74) is 4.82. The second kappa shape index (κ2) is 5.33. The molecule has 84 valence electrons. The van der Waals surface area contributed by atoms with Crippen LogP contribution in [0, 0.1) is 5.41 Å². The third-order valence-electron chi connectivity index (χ3n) is 3.23. The first-order chi connectivity index (χ1) is 6.97. The van der Waals surface area contributed by atoms with Gasteiger partial charge in [0.2, 0.25) is 0 Å². The Bertz CT molecular complexity index is 316. The van der Waals surface area contributed by atoms with Gasteiger partial charge in [-0.2, -0.15) is 0 Å². The molecule has 0 unspecified atom stereocenters. The van der Waals surface area contributed by atoms with Gasteiger partial charge < -0.3 is 0 Å². The molecule has 0 radical (unpaired) electrons. The summed E-state index contributed by atoms with van der Waals surface area (Å²) in [6.45, 7) is 9.15. The van der Waals surface area contributed by atoms with E-state index in [-0.39, 0.29) is 0 Å². The first kappa shape index (κ1) is 13.0. The van der Waals surface area contributed by atoms with Crippen LogP contribution in [0.15, 0.2) is 33.0 Å². The first-order valence-electron chi connectivity index (χ1n) is 5.62. The van der Waals surface area contributed by atoms with Gasteiger partial charge in [0, 0.05) is 0 Å². The van der Waals surface area contributed by atoms with Crippen LogP contribution in [0.2, 0.25) is 0 Å². The molecule has 1 heteroatoms. The molecule has 0 spiro atoms. The van der Waals surface area contributed by atoms with Crippen molar-refractivity contribution in [1.82, 2.24) is 0 Å². The Kier molecular flexibility index (Phi) is 4.63. The summed E-state index contributed by atoms with van der Waals surface area (Å²) in [6, 6.07) is 0. The van der Waals surface area contributed by atoms with E-state index in [2.05, 4.69) is 66.5 Å². The molecule has 0 fully saturated rings.